The summed E-state index contributed by atoms with van der Waals surface area (Å²) in [7, 11) is 0. The van der Waals surface area contributed by atoms with E-state index in [0.29, 0.717) is 17.5 Å². The Morgan fingerprint density at radius 1 is 0.265 bits per heavy atom. The summed E-state index contributed by atoms with van der Waals surface area (Å²) in [5.41, 5.74) is 17.0. The number of fused-ring (bicyclic) bond motifs is 6. The lowest BCUT2D eigenvalue weighted by Gasteiger charge is -2.34. The highest BCUT2D eigenvalue weighted by Gasteiger charge is 2.46. The minimum atomic E-state index is -0.513. The van der Waals surface area contributed by atoms with Crippen LogP contribution in [-0.2, 0) is 5.41 Å². The number of benzene rings is 10. The molecule has 12 aromatic rings. The van der Waals surface area contributed by atoms with Crippen LogP contribution in [0.15, 0.2) is 249 Å². The molecule has 10 aromatic carbocycles. The molecular formula is C64H41N3S. The quantitative estimate of drug-likeness (QED) is 0.153. The van der Waals surface area contributed by atoms with E-state index in [-0.39, 0.29) is 0 Å². The zero-order valence-corrected chi connectivity index (χ0v) is 37.7. The van der Waals surface area contributed by atoms with Gasteiger partial charge in [0.15, 0.2) is 17.5 Å². The van der Waals surface area contributed by atoms with Gasteiger partial charge in [-0.25, -0.2) is 15.0 Å². The molecule has 0 atom stereocenters. The predicted octanol–water partition coefficient (Wildman–Crippen LogP) is 16.6. The highest BCUT2D eigenvalue weighted by molar-refractivity contribution is 7.25. The third-order valence-electron chi connectivity index (χ3n) is 13.7. The third-order valence-corrected chi connectivity index (χ3v) is 14.8. The van der Waals surface area contributed by atoms with Crippen molar-refractivity contribution < 1.29 is 0 Å². The molecule has 0 spiro atoms. The lowest BCUT2D eigenvalue weighted by Crippen LogP contribution is -2.28. The van der Waals surface area contributed by atoms with Crippen molar-refractivity contribution in [1.29, 1.82) is 0 Å². The summed E-state index contributed by atoms with van der Waals surface area (Å²) in [5.74, 6) is 1.94. The molecule has 3 nitrogen and oxygen atoms in total. The molecule has 1 aliphatic carbocycles. The molecule has 0 amide bonds. The van der Waals surface area contributed by atoms with E-state index >= 15 is 0 Å². The Balaban J connectivity index is 0.947. The summed E-state index contributed by atoms with van der Waals surface area (Å²) >= 11 is 1.87. The standard InChI is InChI=1S/C64H41N3S/c1-5-17-45(18-6-1)61-65-62(46-19-7-2-8-20-46)67-63(66-61)47-35-31-43(32-36-47)42-29-33-44(34-30-42)55-41-58-56(40-54(55)48-37-38-53-52-26-14-16-28-59(52)68-60(53)39-48)51-25-13-15-27-57(51)64(58,49-21-9-3-10-22-49)50-23-11-4-12-24-50/h1-41H. The van der Waals surface area contributed by atoms with Gasteiger partial charge in [-0.05, 0) is 91.0 Å². The van der Waals surface area contributed by atoms with Crippen LogP contribution in [0.5, 0.6) is 0 Å². The summed E-state index contributed by atoms with van der Waals surface area (Å²) < 4.78 is 2.60. The molecule has 2 heterocycles. The van der Waals surface area contributed by atoms with Crippen molar-refractivity contribution in [2.75, 3.05) is 0 Å². The number of hydrogen-bond donors (Lipinski definition) is 0. The molecule has 2 aromatic heterocycles. The molecule has 0 saturated carbocycles. The topological polar surface area (TPSA) is 38.7 Å². The summed E-state index contributed by atoms with van der Waals surface area (Å²) in [4.78, 5) is 14.8. The molecule has 13 rings (SSSR count). The zero-order chi connectivity index (χ0) is 45.0. The Hall–Kier alpha value is -8.57. The summed E-state index contributed by atoms with van der Waals surface area (Å²) in [5, 5.41) is 2.61. The maximum atomic E-state index is 4.97. The van der Waals surface area contributed by atoms with Gasteiger partial charge in [-0.1, -0.05) is 224 Å². The Kier molecular flexibility index (Phi) is 9.59. The van der Waals surface area contributed by atoms with Gasteiger partial charge in [0.1, 0.15) is 0 Å². The van der Waals surface area contributed by atoms with Gasteiger partial charge in [-0.15, -0.1) is 11.3 Å². The predicted molar refractivity (Wildman–Crippen MR) is 283 cm³/mol. The number of thiophene rings is 1. The molecule has 0 radical (unpaired) electrons. The van der Waals surface area contributed by atoms with Crippen molar-refractivity contribution in [3.63, 3.8) is 0 Å². The van der Waals surface area contributed by atoms with E-state index < -0.39 is 5.41 Å². The van der Waals surface area contributed by atoms with Crippen LogP contribution in [0.25, 0.3) is 98.8 Å². The normalized spacial score (nSPS) is 12.5. The molecular weight excluding hydrogens is 843 g/mol. The van der Waals surface area contributed by atoms with Crippen molar-refractivity contribution in [3.8, 4) is 78.7 Å². The first-order chi connectivity index (χ1) is 33.7. The number of aromatic nitrogens is 3. The van der Waals surface area contributed by atoms with E-state index in [9.17, 15) is 0 Å². The van der Waals surface area contributed by atoms with Crippen LogP contribution in [0.3, 0.4) is 0 Å². The second-order valence-electron chi connectivity index (χ2n) is 17.5. The lowest BCUT2D eigenvalue weighted by atomic mass is 9.67. The fraction of sp³-hybridized carbons (Fsp3) is 0.0156. The van der Waals surface area contributed by atoms with Crippen LogP contribution >= 0.6 is 11.3 Å². The van der Waals surface area contributed by atoms with Crippen LogP contribution in [0.4, 0.5) is 0 Å². The maximum Gasteiger partial charge on any atom is 0.164 e. The SMILES string of the molecule is c1ccc(-c2nc(-c3ccccc3)nc(-c3ccc(-c4ccc(-c5cc6c(cc5-c5ccc7c(c5)sc5ccccc57)-c5ccccc5C6(c5ccccc5)c5ccccc5)cc4)cc3)n2)cc1. The molecule has 0 unspecified atom stereocenters. The van der Waals surface area contributed by atoms with E-state index in [4.69, 9.17) is 15.0 Å². The van der Waals surface area contributed by atoms with E-state index in [1.807, 2.05) is 72.0 Å². The average molecular weight is 884 g/mol. The first-order valence-corrected chi connectivity index (χ1v) is 23.9. The molecule has 0 N–H and O–H groups in total. The first-order valence-electron chi connectivity index (χ1n) is 23.1. The fourth-order valence-electron chi connectivity index (χ4n) is 10.5. The monoisotopic (exact) mass is 883 g/mol. The van der Waals surface area contributed by atoms with Crippen LogP contribution < -0.4 is 0 Å². The summed E-state index contributed by atoms with van der Waals surface area (Å²) in [6, 6.07) is 89.9. The molecule has 0 aliphatic heterocycles. The Morgan fingerprint density at radius 2 is 0.706 bits per heavy atom. The first kappa shape index (κ1) is 39.8. The van der Waals surface area contributed by atoms with Gasteiger partial charge in [0.25, 0.3) is 0 Å². The highest BCUT2D eigenvalue weighted by Crippen LogP contribution is 2.58. The van der Waals surface area contributed by atoms with Crippen molar-refractivity contribution in [1.82, 2.24) is 15.0 Å². The molecule has 318 valence electrons. The lowest BCUT2D eigenvalue weighted by molar-refractivity contribution is 0.769. The summed E-state index contributed by atoms with van der Waals surface area (Å²) in [6.07, 6.45) is 0. The number of rotatable bonds is 8. The van der Waals surface area contributed by atoms with Crippen LogP contribution in [0, 0.1) is 0 Å². The largest absolute Gasteiger partial charge is 0.208 e. The van der Waals surface area contributed by atoms with E-state index in [2.05, 4.69) is 188 Å². The van der Waals surface area contributed by atoms with Crippen molar-refractivity contribution in [2.45, 2.75) is 5.41 Å². The maximum absolute atomic E-state index is 4.97. The number of hydrogen-bond acceptors (Lipinski definition) is 4. The van der Waals surface area contributed by atoms with Gasteiger partial charge in [0.05, 0.1) is 5.41 Å². The van der Waals surface area contributed by atoms with Crippen LogP contribution in [0.1, 0.15) is 22.3 Å². The fourth-order valence-corrected chi connectivity index (χ4v) is 11.6. The minimum Gasteiger partial charge on any atom is -0.208 e. The van der Waals surface area contributed by atoms with E-state index in [1.54, 1.807) is 0 Å². The zero-order valence-electron chi connectivity index (χ0n) is 36.9. The highest BCUT2D eigenvalue weighted by atomic mass is 32.1. The Bertz CT molecular complexity index is 3710. The summed E-state index contributed by atoms with van der Waals surface area (Å²) in [6.45, 7) is 0. The van der Waals surface area contributed by atoms with Gasteiger partial charge >= 0.3 is 0 Å². The van der Waals surface area contributed by atoms with E-state index in [1.165, 1.54) is 70.2 Å². The van der Waals surface area contributed by atoms with Crippen molar-refractivity contribution in [3.05, 3.63) is 271 Å². The number of nitrogens with zero attached hydrogens (tertiary/aromatic N) is 3. The van der Waals surface area contributed by atoms with Gasteiger partial charge in [-0.3, -0.25) is 0 Å². The van der Waals surface area contributed by atoms with Gasteiger partial charge < -0.3 is 0 Å². The van der Waals surface area contributed by atoms with Gasteiger partial charge in [0, 0.05) is 36.9 Å². The smallest absolute Gasteiger partial charge is 0.164 e. The molecule has 68 heavy (non-hydrogen) atoms. The molecule has 0 fully saturated rings. The average Bonchev–Trinajstić information content (AvgIpc) is 3.94. The van der Waals surface area contributed by atoms with Crippen molar-refractivity contribution >= 4 is 31.5 Å². The molecule has 4 heteroatoms. The third kappa shape index (κ3) is 6.60. The second kappa shape index (κ2) is 16.4. The van der Waals surface area contributed by atoms with Gasteiger partial charge in [-0.2, -0.15) is 0 Å². The minimum absolute atomic E-state index is 0.513. The molecule has 0 bridgehead atoms. The van der Waals surface area contributed by atoms with Gasteiger partial charge in [0.2, 0.25) is 0 Å². The second-order valence-corrected chi connectivity index (χ2v) is 18.6. The van der Waals surface area contributed by atoms with Crippen molar-refractivity contribution in [2.24, 2.45) is 0 Å². The van der Waals surface area contributed by atoms with Crippen LogP contribution in [0.2, 0.25) is 0 Å². The van der Waals surface area contributed by atoms with Crippen LogP contribution in [-0.4, -0.2) is 15.0 Å². The Morgan fingerprint density at radius 3 is 1.31 bits per heavy atom. The molecule has 1 aliphatic rings. The molecule has 0 saturated heterocycles. The Labute approximate surface area is 399 Å². The van der Waals surface area contributed by atoms with E-state index in [0.717, 1.165) is 33.4 Å².